The van der Waals surface area contributed by atoms with E-state index in [4.69, 9.17) is 0 Å². The summed E-state index contributed by atoms with van der Waals surface area (Å²) >= 11 is 0. The highest BCUT2D eigenvalue weighted by molar-refractivity contribution is 5.97. The summed E-state index contributed by atoms with van der Waals surface area (Å²) in [6, 6.07) is 14.7. The first-order valence-electron chi connectivity index (χ1n) is 8.21. The van der Waals surface area contributed by atoms with E-state index in [1.165, 1.54) is 23.9 Å². The number of benzene rings is 2. The maximum Gasteiger partial charge on any atom is 0.0998 e. The van der Waals surface area contributed by atoms with Crippen LogP contribution >= 0.6 is 12.4 Å². The Morgan fingerprint density at radius 3 is 2.74 bits per heavy atom. The van der Waals surface area contributed by atoms with Crippen LogP contribution in [-0.4, -0.2) is 26.2 Å². The number of fused-ring (bicyclic) bond motifs is 1. The molecular weight excluding hydrogens is 306 g/mol. The van der Waals surface area contributed by atoms with Crippen LogP contribution in [0.1, 0.15) is 25.3 Å². The van der Waals surface area contributed by atoms with Crippen LogP contribution in [0.4, 0.5) is 5.69 Å². The molecule has 4 heteroatoms. The van der Waals surface area contributed by atoms with Gasteiger partial charge in [0.2, 0.25) is 0 Å². The summed E-state index contributed by atoms with van der Waals surface area (Å²) in [6.07, 6.45) is 2.54. The number of hydrogen-bond donors (Lipinski definition) is 1. The second-order valence-corrected chi connectivity index (χ2v) is 6.05. The lowest BCUT2D eigenvalue weighted by Crippen LogP contribution is -2.39. The number of nitrogens with one attached hydrogen (secondary N) is 1. The van der Waals surface area contributed by atoms with Crippen LogP contribution in [0, 0.1) is 17.2 Å². The monoisotopic (exact) mass is 329 g/mol. The highest BCUT2D eigenvalue weighted by Crippen LogP contribution is 2.32. The Balaban J connectivity index is 0.00000192. The molecule has 3 nitrogen and oxygen atoms in total. The molecule has 0 aliphatic carbocycles. The van der Waals surface area contributed by atoms with Crippen molar-refractivity contribution in [3.63, 3.8) is 0 Å². The third-order valence-electron chi connectivity index (χ3n) is 4.56. The summed E-state index contributed by atoms with van der Waals surface area (Å²) < 4.78 is 0. The molecule has 1 heterocycles. The summed E-state index contributed by atoms with van der Waals surface area (Å²) in [5, 5.41) is 15.0. The predicted molar refractivity (Wildman–Crippen MR) is 99.4 cm³/mol. The van der Waals surface area contributed by atoms with E-state index >= 15 is 0 Å². The van der Waals surface area contributed by atoms with Gasteiger partial charge in [-0.15, -0.1) is 12.4 Å². The number of rotatable bonds is 4. The van der Waals surface area contributed by atoms with Gasteiger partial charge in [0.1, 0.15) is 0 Å². The fourth-order valence-electron chi connectivity index (χ4n) is 3.46. The molecule has 1 fully saturated rings. The minimum atomic E-state index is 0. The van der Waals surface area contributed by atoms with Crippen molar-refractivity contribution in [2.45, 2.75) is 19.8 Å². The fraction of sp³-hybridized carbons (Fsp3) is 0.421. The molecule has 1 aliphatic heterocycles. The molecule has 0 aromatic heterocycles. The minimum absolute atomic E-state index is 0. The van der Waals surface area contributed by atoms with Crippen molar-refractivity contribution < 1.29 is 0 Å². The Morgan fingerprint density at radius 1 is 1.22 bits per heavy atom. The normalized spacial score (nSPS) is 17.6. The van der Waals surface area contributed by atoms with Gasteiger partial charge >= 0.3 is 0 Å². The van der Waals surface area contributed by atoms with Crippen molar-refractivity contribution in [3.8, 4) is 6.07 Å². The zero-order chi connectivity index (χ0) is 15.4. The van der Waals surface area contributed by atoms with Crippen molar-refractivity contribution in [1.29, 1.82) is 5.26 Å². The Bertz CT molecular complexity index is 693. The van der Waals surface area contributed by atoms with Crippen LogP contribution in [0.3, 0.4) is 0 Å². The van der Waals surface area contributed by atoms with Crippen molar-refractivity contribution in [1.82, 2.24) is 5.32 Å². The lowest BCUT2D eigenvalue weighted by Gasteiger charge is -2.35. The van der Waals surface area contributed by atoms with Crippen LogP contribution in [0.2, 0.25) is 0 Å². The average Bonchev–Trinajstić information content (AvgIpc) is 2.59. The minimum Gasteiger partial charge on any atom is -0.371 e. The summed E-state index contributed by atoms with van der Waals surface area (Å²) in [6.45, 7) is 6.51. The van der Waals surface area contributed by atoms with E-state index in [9.17, 15) is 5.26 Å². The van der Waals surface area contributed by atoms with Gasteiger partial charge in [0.15, 0.2) is 0 Å². The van der Waals surface area contributed by atoms with Gasteiger partial charge in [0.25, 0.3) is 0 Å². The van der Waals surface area contributed by atoms with Gasteiger partial charge < -0.3 is 10.2 Å². The molecule has 0 spiro atoms. The molecule has 2 aromatic rings. The van der Waals surface area contributed by atoms with Gasteiger partial charge in [-0.2, -0.15) is 5.26 Å². The topological polar surface area (TPSA) is 39.1 Å². The molecule has 3 rings (SSSR count). The summed E-state index contributed by atoms with van der Waals surface area (Å²) in [5.74, 6) is 0.711. The Hall–Kier alpha value is -1.76. The highest BCUT2D eigenvalue weighted by Gasteiger charge is 2.21. The zero-order valence-electron chi connectivity index (χ0n) is 13.6. The molecule has 23 heavy (non-hydrogen) atoms. The molecule has 1 saturated heterocycles. The van der Waals surface area contributed by atoms with Crippen LogP contribution in [0.5, 0.6) is 0 Å². The zero-order valence-corrected chi connectivity index (χ0v) is 14.4. The van der Waals surface area contributed by atoms with E-state index < -0.39 is 0 Å². The maximum atomic E-state index is 9.30. The molecule has 0 bridgehead atoms. The number of halogens is 1. The molecule has 2 aromatic carbocycles. The Kier molecular flexibility index (Phi) is 6.27. The van der Waals surface area contributed by atoms with Gasteiger partial charge in [0, 0.05) is 29.5 Å². The van der Waals surface area contributed by atoms with Crippen molar-refractivity contribution in [3.05, 3.63) is 42.0 Å². The average molecular weight is 330 g/mol. The molecule has 122 valence electrons. The molecule has 1 N–H and O–H groups in total. The van der Waals surface area contributed by atoms with E-state index in [0.717, 1.165) is 37.1 Å². The SMILES string of the molecule is CCNCC1CCCN(c2ccc(C#N)c3ccccc23)C1.Cl. The summed E-state index contributed by atoms with van der Waals surface area (Å²) in [7, 11) is 0. The predicted octanol–water partition coefficient (Wildman–Crippen LogP) is 3.96. The number of nitriles is 1. The van der Waals surface area contributed by atoms with Crippen LogP contribution in [0.15, 0.2) is 36.4 Å². The van der Waals surface area contributed by atoms with Crippen LogP contribution in [-0.2, 0) is 0 Å². The maximum absolute atomic E-state index is 9.30. The molecule has 0 amide bonds. The highest BCUT2D eigenvalue weighted by atomic mass is 35.5. The van der Waals surface area contributed by atoms with Crippen molar-refractivity contribution in [2.75, 3.05) is 31.1 Å². The first-order chi connectivity index (χ1) is 10.8. The van der Waals surface area contributed by atoms with E-state index in [1.807, 2.05) is 12.1 Å². The van der Waals surface area contributed by atoms with Gasteiger partial charge in [-0.3, -0.25) is 0 Å². The molecule has 0 radical (unpaired) electrons. The number of nitrogens with zero attached hydrogens (tertiary/aromatic N) is 2. The van der Waals surface area contributed by atoms with E-state index in [2.05, 4.69) is 47.5 Å². The molecule has 1 unspecified atom stereocenters. The van der Waals surface area contributed by atoms with Gasteiger partial charge in [-0.05, 0) is 44.0 Å². The first-order valence-corrected chi connectivity index (χ1v) is 8.21. The van der Waals surface area contributed by atoms with E-state index in [-0.39, 0.29) is 12.4 Å². The quantitative estimate of drug-likeness (QED) is 0.922. The van der Waals surface area contributed by atoms with Crippen molar-refractivity contribution in [2.24, 2.45) is 5.92 Å². The Morgan fingerprint density at radius 2 is 2.00 bits per heavy atom. The number of hydrogen-bond acceptors (Lipinski definition) is 3. The van der Waals surface area contributed by atoms with Gasteiger partial charge in [-0.25, -0.2) is 0 Å². The summed E-state index contributed by atoms with van der Waals surface area (Å²) in [4.78, 5) is 2.50. The van der Waals surface area contributed by atoms with Crippen molar-refractivity contribution >= 4 is 28.9 Å². The van der Waals surface area contributed by atoms with Gasteiger partial charge in [0.05, 0.1) is 11.6 Å². The van der Waals surface area contributed by atoms with Crippen LogP contribution < -0.4 is 10.2 Å². The Labute approximate surface area is 144 Å². The third-order valence-corrected chi connectivity index (χ3v) is 4.56. The molecule has 1 aliphatic rings. The molecular formula is C19H24ClN3. The number of anilines is 1. The largest absolute Gasteiger partial charge is 0.371 e. The fourth-order valence-corrected chi connectivity index (χ4v) is 3.46. The van der Waals surface area contributed by atoms with Crippen LogP contribution in [0.25, 0.3) is 10.8 Å². The summed E-state index contributed by atoms with van der Waals surface area (Å²) in [5.41, 5.74) is 2.04. The third kappa shape index (κ3) is 3.77. The second kappa shape index (κ2) is 8.19. The van der Waals surface area contributed by atoms with E-state index in [0.29, 0.717) is 5.92 Å². The first kappa shape index (κ1) is 17.6. The lowest BCUT2D eigenvalue weighted by molar-refractivity contribution is 0.396. The lowest BCUT2D eigenvalue weighted by atomic mass is 9.95. The van der Waals surface area contributed by atoms with Gasteiger partial charge in [-0.1, -0.05) is 31.2 Å². The molecule has 0 saturated carbocycles. The molecule has 1 atom stereocenters. The van der Waals surface area contributed by atoms with E-state index in [1.54, 1.807) is 0 Å². The second-order valence-electron chi connectivity index (χ2n) is 6.05. The smallest absolute Gasteiger partial charge is 0.0998 e. The standard InChI is InChI=1S/C19H23N3.ClH/c1-2-21-13-15-6-5-11-22(14-15)19-10-9-16(12-20)17-7-3-4-8-18(17)19;/h3-4,7-10,15,21H,2,5-6,11,13-14H2,1H3;1H. The number of piperidine rings is 1.